The SMILES string of the molecule is CCOC(=O)C1=C(c2cccc(OC)c2)N(C)C(=O)N[C@]1(CC(C)=O)C(F)(F)F. The van der Waals surface area contributed by atoms with E-state index in [4.69, 9.17) is 9.47 Å². The van der Waals surface area contributed by atoms with Crippen molar-refractivity contribution in [2.24, 2.45) is 0 Å². The number of carbonyl (C=O) groups is 3. The number of rotatable bonds is 6. The number of hydrogen-bond acceptors (Lipinski definition) is 5. The molecule has 29 heavy (non-hydrogen) atoms. The number of ketones is 1. The van der Waals surface area contributed by atoms with Gasteiger partial charge in [-0.05, 0) is 26.0 Å². The lowest BCUT2D eigenvalue weighted by molar-refractivity contribution is -0.190. The fourth-order valence-corrected chi connectivity index (χ4v) is 3.20. The first-order chi connectivity index (χ1) is 13.5. The van der Waals surface area contributed by atoms with Gasteiger partial charge < -0.3 is 14.8 Å². The molecule has 0 aromatic heterocycles. The number of benzene rings is 1. The van der Waals surface area contributed by atoms with Gasteiger partial charge in [-0.1, -0.05) is 12.1 Å². The fourth-order valence-electron chi connectivity index (χ4n) is 3.20. The van der Waals surface area contributed by atoms with Crippen molar-refractivity contribution in [1.82, 2.24) is 10.2 Å². The molecule has 1 heterocycles. The van der Waals surface area contributed by atoms with Crippen LogP contribution in [0.1, 0.15) is 25.8 Å². The summed E-state index contributed by atoms with van der Waals surface area (Å²) in [5.41, 5.74) is -4.28. The molecule has 158 valence electrons. The summed E-state index contributed by atoms with van der Waals surface area (Å²) in [7, 11) is 2.59. The summed E-state index contributed by atoms with van der Waals surface area (Å²) in [6, 6.07) is 4.77. The molecule has 0 radical (unpaired) electrons. The molecule has 1 atom stereocenters. The second-order valence-electron chi connectivity index (χ2n) is 6.45. The topological polar surface area (TPSA) is 84.9 Å². The maximum Gasteiger partial charge on any atom is 0.416 e. The summed E-state index contributed by atoms with van der Waals surface area (Å²) < 4.78 is 52.9. The summed E-state index contributed by atoms with van der Waals surface area (Å²) in [5, 5.41) is 1.82. The predicted molar refractivity (Wildman–Crippen MR) is 96.9 cm³/mol. The van der Waals surface area contributed by atoms with E-state index in [-0.39, 0.29) is 17.9 Å². The Balaban J connectivity index is 2.96. The van der Waals surface area contributed by atoms with Crippen LogP contribution in [0.15, 0.2) is 29.8 Å². The smallest absolute Gasteiger partial charge is 0.416 e. The second-order valence-corrected chi connectivity index (χ2v) is 6.45. The van der Waals surface area contributed by atoms with Gasteiger partial charge in [-0.25, -0.2) is 9.59 Å². The molecule has 1 aromatic carbocycles. The van der Waals surface area contributed by atoms with Gasteiger partial charge >= 0.3 is 18.2 Å². The lowest BCUT2D eigenvalue weighted by Crippen LogP contribution is -2.67. The number of nitrogens with zero attached hydrogens (tertiary/aromatic N) is 1. The molecular weight excluding hydrogens is 393 g/mol. The van der Waals surface area contributed by atoms with E-state index >= 15 is 0 Å². The van der Waals surface area contributed by atoms with E-state index < -0.39 is 41.5 Å². The minimum atomic E-state index is -5.15. The average molecular weight is 414 g/mol. The van der Waals surface area contributed by atoms with E-state index in [1.807, 2.05) is 5.32 Å². The van der Waals surface area contributed by atoms with Crippen LogP contribution in [0.4, 0.5) is 18.0 Å². The van der Waals surface area contributed by atoms with Crippen LogP contribution in [0.5, 0.6) is 5.75 Å². The number of esters is 1. The molecule has 1 aliphatic rings. The van der Waals surface area contributed by atoms with Gasteiger partial charge in [0.25, 0.3) is 0 Å². The highest BCUT2D eigenvalue weighted by molar-refractivity contribution is 6.07. The highest BCUT2D eigenvalue weighted by Crippen LogP contribution is 2.46. The zero-order chi connectivity index (χ0) is 22.0. The van der Waals surface area contributed by atoms with E-state index in [1.165, 1.54) is 39.3 Å². The molecule has 0 unspecified atom stereocenters. The Labute approximate surface area is 165 Å². The van der Waals surface area contributed by atoms with Crippen LogP contribution in [0.3, 0.4) is 0 Å². The van der Waals surface area contributed by atoms with Crippen LogP contribution in [-0.2, 0) is 14.3 Å². The quantitative estimate of drug-likeness (QED) is 0.724. The highest BCUT2D eigenvalue weighted by atomic mass is 19.4. The Morgan fingerprint density at radius 3 is 2.45 bits per heavy atom. The number of nitrogens with one attached hydrogen (secondary N) is 1. The van der Waals surface area contributed by atoms with Crippen LogP contribution in [0, 0.1) is 0 Å². The molecule has 1 N–H and O–H groups in total. The van der Waals surface area contributed by atoms with Crippen molar-refractivity contribution in [2.75, 3.05) is 20.8 Å². The number of Topliss-reactive ketones (excluding diaryl/α,β-unsaturated/α-hetero) is 1. The molecule has 0 saturated heterocycles. The number of alkyl halides is 3. The molecule has 0 fully saturated rings. The lowest BCUT2D eigenvalue weighted by Gasteiger charge is -2.43. The van der Waals surface area contributed by atoms with Gasteiger partial charge in [-0.3, -0.25) is 9.69 Å². The molecule has 0 bridgehead atoms. The minimum Gasteiger partial charge on any atom is -0.497 e. The molecule has 7 nitrogen and oxygen atoms in total. The number of halogens is 3. The fraction of sp³-hybridized carbons (Fsp3) is 0.421. The molecule has 2 rings (SSSR count). The molecule has 0 saturated carbocycles. The molecule has 10 heteroatoms. The van der Waals surface area contributed by atoms with E-state index in [0.29, 0.717) is 5.75 Å². The summed E-state index contributed by atoms with van der Waals surface area (Å²) in [4.78, 5) is 37.9. The maximum absolute atomic E-state index is 14.3. The minimum absolute atomic E-state index is 0.127. The van der Waals surface area contributed by atoms with Crippen molar-refractivity contribution >= 4 is 23.5 Å². The predicted octanol–water partition coefficient (Wildman–Crippen LogP) is 2.90. The number of methoxy groups -OCH3 is 1. The number of hydrogen-bond donors (Lipinski definition) is 1. The largest absolute Gasteiger partial charge is 0.497 e. The Hall–Kier alpha value is -3.04. The Morgan fingerprint density at radius 1 is 1.28 bits per heavy atom. The normalized spacial score (nSPS) is 19.7. The molecule has 0 aliphatic carbocycles. The van der Waals surface area contributed by atoms with Crippen molar-refractivity contribution in [3.63, 3.8) is 0 Å². The summed E-state index contributed by atoms with van der Waals surface area (Å²) in [6.45, 7) is 2.19. The van der Waals surface area contributed by atoms with E-state index in [0.717, 1.165) is 11.8 Å². The lowest BCUT2D eigenvalue weighted by atomic mass is 9.79. The van der Waals surface area contributed by atoms with E-state index in [1.54, 1.807) is 6.07 Å². The molecule has 1 aliphatic heterocycles. The van der Waals surface area contributed by atoms with E-state index in [2.05, 4.69) is 0 Å². The van der Waals surface area contributed by atoms with Gasteiger partial charge in [0.2, 0.25) is 0 Å². The van der Waals surface area contributed by atoms with Crippen LogP contribution in [0.2, 0.25) is 0 Å². The zero-order valence-corrected chi connectivity index (χ0v) is 16.3. The third-order valence-electron chi connectivity index (χ3n) is 4.44. The van der Waals surface area contributed by atoms with Crippen molar-refractivity contribution in [3.8, 4) is 5.75 Å². The van der Waals surface area contributed by atoms with Crippen LogP contribution >= 0.6 is 0 Å². The van der Waals surface area contributed by atoms with Crippen LogP contribution in [0.25, 0.3) is 5.70 Å². The first-order valence-electron chi connectivity index (χ1n) is 8.66. The van der Waals surface area contributed by atoms with Crippen molar-refractivity contribution in [2.45, 2.75) is 32.0 Å². The molecule has 0 spiro atoms. The van der Waals surface area contributed by atoms with Gasteiger partial charge in [0, 0.05) is 19.0 Å². The number of amides is 2. The first kappa shape index (κ1) is 22.3. The van der Waals surface area contributed by atoms with Gasteiger partial charge in [-0.15, -0.1) is 0 Å². The second kappa shape index (κ2) is 8.14. The van der Waals surface area contributed by atoms with Gasteiger partial charge in [-0.2, -0.15) is 13.2 Å². The summed E-state index contributed by atoms with van der Waals surface area (Å²) >= 11 is 0. The Kier molecular flexibility index (Phi) is 6.24. The Morgan fingerprint density at radius 2 is 1.93 bits per heavy atom. The maximum atomic E-state index is 14.3. The molecule has 1 aromatic rings. The standard InChI is InChI=1S/C19H21F3N2O5/c1-5-29-16(26)14-15(12-7-6-8-13(9-12)28-4)24(3)17(27)23-18(14,10-11(2)25)19(20,21)22/h6-9H,5,10H2,1-4H3,(H,23,27)/t18-/m0/s1. The highest BCUT2D eigenvalue weighted by Gasteiger charge is 2.64. The van der Waals surface area contributed by atoms with Crippen molar-refractivity contribution in [1.29, 1.82) is 0 Å². The summed E-state index contributed by atoms with van der Waals surface area (Å²) in [5.74, 6) is -1.84. The average Bonchev–Trinajstić information content (AvgIpc) is 2.63. The zero-order valence-electron chi connectivity index (χ0n) is 16.3. The van der Waals surface area contributed by atoms with Crippen molar-refractivity contribution < 1.29 is 37.0 Å². The number of ether oxygens (including phenoxy) is 2. The third-order valence-corrected chi connectivity index (χ3v) is 4.44. The van der Waals surface area contributed by atoms with Gasteiger partial charge in [0.1, 0.15) is 11.5 Å². The van der Waals surface area contributed by atoms with Gasteiger partial charge in [0.05, 0.1) is 25.0 Å². The molecule has 2 amide bonds. The van der Waals surface area contributed by atoms with E-state index in [9.17, 15) is 27.6 Å². The molecular formula is C19H21F3N2O5. The number of carbonyl (C=O) groups excluding carboxylic acids is 3. The Bertz CT molecular complexity index is 866. The van der Waals surface area contributed by atoms with Crippen molar-refractivity contribution in [3.05, 3.63) is 35.4 Å². The van der Waals surface area contributed by atoms with Crippen LogP contribution in [-0.4, -0.2) is 55.2 Å². The van der Waals surface area contributed by atoms with Gasteiger partial charge in [0.15, 0.2) is 5.54 Å². The monoisotopic (exact) mass is 414 g/mol. The van der Waals surface area contributed by atoms with Crippen LogP contribution < -0.4 is 10.1 Å². The summed E-state index contributed by atoms with van der Waals surface area (Å²) in [6.07, 6.45) is -6.31. The first-order valence-corrected chi connectivity index (χ1v) is 8.66. The number of urea groups is 1. The third kappa shape index (κ3) is 4.06.